The number of rotatable bonds is 3. The Bertz CT molecular complexity index is 363. The maximum Gasteiger partial charge on any atom is 0.141 e. The Morgan fingerprint density at radius 1 is 1.39 bits per heavy atom. The third-order valence-corrected chi connectivity index (χ3v) is 4.08. The number of ether oxygens (including phenoxy) is 2. The fourth-order valence-electron chi connectivity index (χ4n) is 2.77. The molecule has 1 spiro atoms. The summed E-state index contributed by atoms with van der Waals surface area (Å²) < 4.78 is 11.3. The summed E-state index contributed by atoms with van der Waals surface area (Å²) in [6, 6.07) is 0. The highest BCUT2D eigenvalue weighted by molar-refractivity contribution is 5.24. The van der Waals surface area contributed by atoms with Crippen LogP contribution >= 0.6 is 0 Å². The van der Waals surface area contributed by atoms with Crippen LogP contribution in [0, 0.1) is 0 Å². The van der Waals surface area contributed by atoms with Crippen LogP contribution < -0.4 is 0 Å². The quantitative estimate of drug-likeness (QED) is 0.586. The van der Waals surface area contributed by atoms with E-state index in [0.717, 1.165) is 0 Å². The Labute approximate surface area is 108 Å². The largest absolute Gasteiger partial charge is 0.390 e. The molecule has 4 heteroatoms. The molecule has 0 aliphatic carbocycles. The van der Waals surface area contributed by atoms with E-state index in [1.807, 2.05) is 26.0 Å². The van der Waals surface area contributed by atoms with E-state index >= 15 is 0 Å². The highest BCUT2D eigenvalue weighted by atomic mass is 16.6. The van der Waals surface area contributed by atoms with Crippen molar-refractivity contribution in [2.75, 3.05) is 6.61 Å². The Balaban J connectivity index is 2.29. The van der Waals surface area contributed by atoms with E-state index in [4.69, 9.17) is 9.47 Å². The molecule has 5 unspecified atom stereocenters. The topological polar surface area (TPSA) is 62.2 Å². The van der Waals surface area contributed by atoms with Gasteiger partial charge in [-0.2, -0.15) is 0 Å². The van der Waals surface area contributed by atoms with E-state index in [2.05, 4.69) is 0 Å². The molecule has 0 amide bonds. The molecule has 2 rings (SSSR count). The van der Waals surface area contributed by atoms with E-state index < -0.39 is 23.4 Å². The van der Waals surface area contributed by atoms with Gasteiger partial charge in [-0.25, -0.2) is 0 Å². The van der Waals surface area contributed by atoms with Crippen molar-refractivity contribution in [3.63, 3.8) is 0 Å². The Kier molecular flexibility index (Phi) is 3.65. The summed E-state index contributed by atoms with van der Waals surface area (Å²) >= 11 is 0. The summed E-state index contributed by atoms with van der Waals surface area (Å²) in [4.78, 5) is 0. The zero-order chi connectivity index (χ0) is 13.4. The number of allylic oxidation sites excluding steroid dienone is 3. The van der Waals surface area contributed by atoms with E-state index in [-0.39, 0.29) is 6.10 Å². The second-order valence-electron chi connectivity index (χ2n) is 5.13. The van der Waals surface area contributed by atoms with Gasteiger partial charge in [-0.15, -0.1) is 0 Å². The molecule has 2 N–H and O–H groups in total. The van der Waals surface area contributed by atoms with Crippen LogP contribution in [0.1, 0.15) is 27.2 Å². The Morgan fingerprint density at radius 3 is 2.56 bits per heavy atom. The monoisotopic (exact) mass is 254 g/mol. The Hall–Kier alpha value is -0.680. The summed E-state index contributed by atoms with van der Waals surface area (Å²) in [6.45, 7) is 5.96. The van der Waals surface area contributed by atoms with Gasteiger partial charge in [0.2, 0.25) is 0 Å². The standard InChI is InChI=1S/C14H22O4/c1-4-5-6-7-13(10(2)15)12(16)14(8-9-17-13)11(3)18-14/h4-7,10-12,15-16H,8-9H2,1-3H3/b5-4+,7-6?. The number of hydrogen-bond acceptors (Lipinski definition) is 4. The molecule has 2 aliphatic heterocycles. The molecular weight excluding hydrogens is 232 g/mol. The van der Waals surface area contributed by atoms with Crippen LogP contribution in [-0.2, 0) is 9.47 Å². The van der Waals surface area contributed by atoms with Gasteiger partial charge >= 0.3 is 0 Å². The van der Waals surface area contributed by atoms with Crippen LogP contribution in [-0.4, -0.2) is 46.3 Å². The molecule has 0 saturated carbocycles. The lowest BCUT2D eigenvalue weighted by atomic mass is 9.77. The van der Waals surface area contributed by atoms with E-state index in [1.165, 1.54) is 0 Å². The first kappa shape index (κ1) is 13.7. The maximum absolute atomic E-state index is 10.6. The lowest BCUT2D eigenvalue weighted by molar-refractivity contribution is -0.197. The van der Waals surface area contributed by atoms with Crippen LogP contribution in [0.5, 0.6) is 0 Å². The molecule has 0 aromatic rings. The van der Waals surface area contributed by atoms with Gasteiger partial charge in [-0.1, -0.05) is 18.2 Å². The van der Waals surface area contributed by atoms with Gasteiger partial charge in [-0.05, 0) is 26.8 Å². The lowest BCUT2D eigenvalue weighted by Gasteiger charge is -2.44. The van der Waals surface area contributed by atoms with Crippen molar-refractivity contribution in [1.82, 2.24) is 0 Å². The van der Waals surface area contributed by atoms with Crippen molar-refractivity contribution in [3.05, 3.63) is 24.3 Å². The average molecular weight is 254 g/mol. The van der Waals surface area contributed by atoms with Crippen molar-refractivity contribution in [2.45, 2.75) is 56.7 Å². The summed E-state index contributed by atoms with van der Waals surface area (Å²) in [5.74, 6) is 0. The zero-order valence-electron chi connectivity index (χ0n) is 11.2. The first-order valence-electron chi connectivity index (χ1n) is 6.48. The average Bonchev–Trinajstić information content (AvgIpc) is 2.96. The van der Waals surface area contributed by atoms with Crippen LogP contribution in [0.4, 0.5) is 0 Å². The van der Waals surface area contributed by atoms with Crippen molar-refractivity contribution in [1.29, 1.82) is 0 Å². The molecular formula is C14H22O4. The van der Waals surface area contributed by atoms with Gasteiger partial charge in [0.1, 0.15) is 17.3 Å². The first-order valence-corrected chi connectivity index (χ1v) is 6.48. The maximum atomic E-state index is 10.6. The summed E-state index contributed by atoms with van der Waals surface area (Å²) in [7, 11) is 0. The minimum atomic E-state index is -1.08. The number of hydrogen-bond donors (Lipinski definition) is 2. The molecule has 0 aromatic carbocycles. The second-order valence-corrected chi connectivity index (χ2v) is 5.13. The van der Waals surface area contributed by atoms with E-state index in [9.17, 15) is 10.2 Å². The van der Waals surface area contributed by atoms with Crippen molar-refractivity contribution in [2.24, 2.45) is 0 Å². The summed E-state index contributed by atoms with van der Waals surface area (Å²) in [5, 5.41) is 20.6. The summed E-state index contributed by atoms with van der Waals surface area (Å²) in [5.41, 5.74) is -1.63. The van der Waals surface area contributed by atoms with Crippen molar-refractivity contribution >= 4 is 0 Å². The van der Waals surface area contributed by atoms with Crippen molar-refractivity contribution < 1.29 is 19.7 Å². The molecule has 2 saturated heterocycles. The van der Waals surface area contributed by atoms with Gasteiger partial charge < -0.3 is 19.7 Å². The molecule has 2 aliphatic rings. The van der Waals surface area contributed by atoms with Gasteiger partial charge in [0.25, 0.3) is 0 Å². The lowest BCUT2D eigenvalue weighted by Crippen LogP contribution is -2.61. The number of aliphatic hydroxyl groups is 2. The predicted octanol–water partition coefficient (Wildman–Crippen LogP) is 1.18. The van der Waals surface area contributed by atoms with E-state index in [0.29, 0.717) is 13.0 Å². The fourth-order valence-corrected chi connectivity index (χ4v) is 2.77. The van der Waals surface area contributed by atoms with Gasteiger partial charge in [0.15, 0.2) is 0 Å². The molecule has 102 valence electrons. The predicted molar refractivity (Wildman–Crippen MR) is 68.2 cm³/mol. The van der Waals surface area contributed by atoms with Gasteiger partial charge in [0, 0.05) is 6.42 Å². The molecule has 4 nitrogen and oxygen atoms in total. The third-order valence-electron chi connectivity index (χ3n) is 4.08. The van der Waals surface area contributed by atoms with Gasteiger partial charge in [0.05, 0.1) is 18.8 Å². The molecule has 2 fully saturated rings. The molecule has 2 heterocycles. The minimum Gasteiger partial charge on any atom is -0.390 e. The Morgan fingerprint density at radius 2 is 2.06 bits per heavy atom. The SMILES string of the molecule is C/C=C/C=CC1(C(C)O)OCCC2(OC2C)C1O. The number of epoxide rings is 1. The van der Waals surface area contributed by atoms with Crippen molar-refractivity contribution in [3.8, 4) is 0 Å². The molecule has 0 aromatic heterocycles. The minimum absolute atomic E-state index is 0.0182. The van der Waals surface area contributed by atoms with Crippen LogP contribution in [0.2, 0.25) is 0 Å². The van der Waals surface area contributed by atoms with Crippen LogP contribution in [0.25, 0.3) is 0 Å². The number of aliphatic hydroxyl groups excluding tert-OH is 2. The smallest absolute Gasteiger partial charge is 0.141 e. The van der Waals surface area contributed by atoms with E-state index in [1.54, 1.807) is 19.1 Å². The molecule has 0 radical (unpaired) electrons. The summed E-state index contributed by atoms with van der Waals surface area (Å²) in [6.07, 6.45) is 6.29. The highest BCUT2D eigenvalue weighted by Gasteiger charge is 2.67. The van der Waals surface area contributed by atoms with Gasteiger partial charge in [-0.3, -0.25) is 0 Å². The second kappa shape index (κ2) is 4.78. The molecule has 18 heavy (non-hydrogen) atoms. The highest BCUT2D eigenvalue weighted by Crippen LogP contribution is 2.50. The molecule has 5 atom stereocenters. The normalized spacial score (nSPS) is 46.1. The molecule has 0 bridgehead atoms. The van der Waals surface area contributed by atoms with Crippen LogP contribution in [0.3, 0.4) is 0 Å². The fraction of sp³-hybridized carbons (Fsp3) is 0.714. The van der Waals surface area contributed by atoms with Crippen LogP contribution in [0.15, 0.2) is 24.3 Å². The zero-order valence-corrected chi connectivity index (χ0v) is 11.2. The first-order chi connectivity index (χ1) is 8.49. The third kappa shape index (κ3) is 1.93.